The van der Waals surface area contributed by atoms with Crippen LogP contribution >= 0.6 is 15.9 Å². The van der Waals surface area contributed by atoms with E-state index in [2.05, 4.69) is 20.9 Å². The maximum Gasteiger partial charge on any atom is 0.191 e. The maximum atomic E-state index is 13.6. The first-order valence-corrected chi connectivity index (χ1v) is 6.03. The molecule has 17 heavy (non-hydrogen) atoms. The zero-order valence-corrected chi connectivity index (χ0v) is 10.7. The van der Waals surface area contributed by atoms with Crippen molar-refractivity contribution in [1.29, 1.82) is 0 Å². The van der Waals surface area contributed by atoms with Crippen LogP contribution in [-0.2, 0) is 6.42 Å². The number of halogens is 3. The molecule has 5 heteroatoms. The van der Waals surface area contributed by atoms with Gasteiger partial charge in [-0.25, -0.2) is 8.78 Å². The predicted molar refractivity (Wildman–Crippen MR) is 66.2 cm³/mol. The molecule has 0 saturated carbocycles. The number of rotatable bonds is 2. The topological polar surface area (TPSA) is 32.9 Å². The fourth-order valence-electron chi connectivity index (χ4n) is 1.78. The Morgan fingerprint density at radius 3 is 2.65 bits per heavy atom. The molecule has 1 N–H and O–H groups in total. The summed E-state index contributed by atoms with van der Waals surface area (Å²) in [6, 6.07) is 2.15. The zero-order valence-electron chi connectivity index (χ0n) is 9.11. The Balaban J connectivity index is 2.86. The maximum absolute atomic E-state index is 13.6. The molecule has 0 saturated heterocycles. The summed E-state index contributed by atoms with van der Waals surface area (Å²) in [4.78, 5) is 14.6. The van der Waals surface area contributed by atoms with Gasteiger partial charge in [0.2, 0.25) is 0 Å². The largest absolute Gasteiger partial charge is 0.356 e. The number of pyridine rings is 1. The second kappa shape index (κ2) is 4.56. The third-order valence-electron chi connectivity index (χ3n) is 2.53. The number of H-pyrrole nitrogens is 1. The van der Waals surface area contributed by atoms with Crippen LogP contribution in [0, 0.1) is 11.6 Å². The third-order valence-corrected chi connectivity index (χ3v) is 3.30. The van der Waals surface area contributed by atoms with E-state index in [1.54, 1.807) is 0 Å². The summed E-state index contributed by atoms with van der Waals surface area (Å²) in [5, 5.41) is 0.0161. The van der Waals surface area contributed by atoms with Gasteiger partial charge in [0.05, 0.1) is 15.4 Å². The highest BCUT2D eigenvalue weighted by atomic mass is 79.9. The van der Waals surface area contributed by atoms with Crippen LogP contribution in [0.15, 0.2) is 21.4 Å². The Morgan fingerprint density at radius 2 is 2.00 bits per heavy atom. The first-order valence-electron chi connectivity index (χ1n) is 5.24. The van der Waals surface area contributed by atoms with Crippen LogP contribution in [0.3, 0.4) is 0 Å². The van der Waals surface area contributed by atoms with Crippen LogP contribution in [0.1, 0.15) is 19.0 Å². The summed E-state index contributed by atoms with van der Waals surface area (Å²) in [5.41, 5.74) is 0.323. The van der Waals surface area contributed by atoms with Gasteiger partial charge in [0.1, 0.15) is 11.6 Å². The van der Waals surface area contributed by atoms with Crippen LogP contribution in [0.25, 0.3) is 10.9 Å². The van der Waals surface area contributed by atoms with Gasteiger partial charge in [0, 0.05) is 17.8 Å². The normalized spacial score (nSPS) is 11.1. The monoisotopic (exact) mass is 301 g/mol. The molecule has 2 rings (SSSR count). The van der Waals surface area contributed by atoms with Gasteiger partial charge < -0.3 is 4.98 Å². The Kier molecular flexibility index (Phi) is 3.28. The SMILES string of the molecule is CCCc1cc(=O)c2c(Br)c(F)cc(F)c2[nH]1. The molecule has 0 bridgehead atoms. The van der Waals surface area contributed by atoms with Crippen molar-refractivity contribution in [2.24, 2.45) is 0 Å². The van der Waals surface area contributed by atoms with Crippen molar-refractivity contribution in [3.8, 4) is 0 Å². The highest BCUT2D eigenvalue weighted by Crippen LogP contribution is 2.25. The first-order chi connectivity index (χ1) is 8.04. The van der Waals surface area contributed by atoms with Gasteiger partial charge in [0.25, 0.3) is 0 Å². The van der Waals surface area contributed by atoms with Crippen molar-refractivity contribution in [1.82, 2.24) is 4.98 Å². The minimum atomic E-state index is -0.774. The molecule has 0 aliphatic heterocycles. The van der Waals surface area contributed by atoms with Crippen molar-refractivity contribution in [3.05, 3.63) is 44.2 Å². The molecule has 2 aromatic rings. The molecular formula is C12H10BrF2NO. The van der Waals surface area contributed by atoms with E-state index in [9.17, 15) is 13.6 Å². The molecular weight excluding hydrogens is 292 g/mol. The quantitative estimate of drug-likeness (QED) is 0.846. The van der Waals surface area contributed by atoms with Crippen molar-refractivity contribution in [3.63, 3.8) is 0 Å². The second-order valence-corrected chi connectivity index (χ2v) is 4.61. The van der Waals surface area contributed by atoms with Crippen LogP contribution in [-0.4, -0.2) is 4.98 Å². The molecule has 0 spiro atoms. The molecule has 90 valence electrons. The molecule has 0 fully saturated rings. The van der Waals surface area contributed by atoms with E-state index in [4.69, 9.17) is 0 Å². The van der Waals surface area contributed by atoms with E-state index in [0.717, 1.165) is 12.5 Å². The van der Waals surface area contributed by atoms with Crippen LogP contribution < -0.4 is 5.43 Å². The number of aromatic nitrogens is 1. The van der Waals surface area contributed by atoms with Gasteiger partial charge in [-0.05, 0) is 22.4 Å². The molecule has 1 aromatic carbocycles. The second-order valence-electron chi connectivity index (χ2n) is 3.81. The molecule has 0 amide bonds. The minimum absolute atomic E-state index is 0.00167. The van der Waals surface area contributed by atoms with E-state index in [0.29, 0.717) is 12.1 Å². The summed E-state index contributed by atoms with van der Waals surface area (Å²) in [7, 11) is 0. The van der Waals surface area contributed by atoms with Gasteiger partial charge in [-0.15, -0.1) is 0 Å². The lowest BCUT2D eigenvalue weighted by Crippen LogP contribution is -2.08. The average Bonchev–Trinajstić information content (AvgIpc) is 2.26. The minimum Gasteiger partial charge on any atom is -0.356 e. The molecule has 2 nitrogen and oxygen atoms in total. The molecule has 0 aliphatic rings. The van der Waals surface area contributed by atoms with Gasteiger partial charge >= 0.3 is 0 Å². The average molecular weight is 302 g/mol. The number of nitrogens with one attached hydrogen (secondary N) is 1. The van der Waals surface area contributed by atoms with E-state index in [1.807, 2.05) is 6.92 Å². The highest BCUT2D eigenvalue weighted by molar-refractivity contribution is 9.10. The number of hydrogen-bond donors (Lipinski definition) is 1. The molecule has 0 atom stereocenters. The van der Waals surface area contributed by atoms with Crippen LogP contribution in [0.2, 0.25) is 0 Å². The lowest BCUT2D eigenvalue weighted by Gasteiger charge is -2.06. The van der Waals surface area contributed by atoms with Gasteiger partial charge in [0.15, 0.2) is 5.43 Å². The van der Waals surface area contributed by atoms with Crippen molar-refractivity contribution < 1.29 is 8.78 Å². The number of aryl methyl sites for hydroxylation is 1. The fourth-order valence-corrected chi connectivity index (χ4v) is 2.29. The first kappa shape index (κ1) is 12.2. The van der Waals surface area contributed by atoms with E-state index >= 15 is 0 Å². The Hall–Kier alpha value is -1.23. The van der Waals surface area contributed by atoms with Crippen LogP contribution in [0.5, 0.6) is 0 Å². The molecule has 1 heterocycles. The van der Waals surface area contributed by atoms with Crippen molar-refractivity contribution in [2.75, 3.05) is 0 Å². The highest BCUT2D eigenvalue weighted by Gasteiger charge is 2.14. The Morgan fingerprint density at radius 1 is 1.29 bits per heavy atom. The molecule has 0 radical (unpaired) electrons. The van der Waals surface area contributed by atoms with Gasteiger partial charge in [-0.2, -0.15) is 0 Å². The summed E-state index contributed by atoms with van der Waals surface area (Å²) in [6.45, 7) is 1.96. The molecule has 0 aliphatic carbocycles. The molecule has 1 aromatic heterocycles. The van der Waals surface area contributed by atoms with Gasteiger partial charge in [-0.3, -0.25) is 4.79 Å². The summed E-state index contributed by atoms with van der Waals surface area (Å²) >= 11 is 2.97. The number of aromatic amines is 1. The number of benzene rings is 1. The van der Waals surface area contributed by atoms with E-state index in [-0.39, 0.29) is 20.8 Å². The lowest BCUT2D eigenvalue weighted by molar-refractivity contribution is 0.585. The number of fused-ring (bicyclic) bond motifs is 1. The summed E-state index contributed by atoms with van der Waals surface area (Å²) < 4.78 is 26.9. The summed E-state index contributed by atoms with van der Waals surface area (Å²) in [5.74, 6) is -1.53. The lowest BCUT2D eigenvalue weighted by atomic mass is 10.1. The smallest absolute Gasteiger partial charge is 0.191 e. The van der Waals surface area contributed by atoms with E-state index in [1.165, 1.54) is 6.07 Å². The Labute approximate surface area is 105 Å². The van der Waals surface area contributed by atoms with Crippen LogP contribution in [0.4, 0.5) is 8.78 Å². The van der Waals surface area contributed by atoms with Crippen molar-refractivity contribution in [2.45, 2.75) is 19.8 Å². The Bertz CT molecular complexity index is 636. The number of hydrogen-bond acceptors (Lipinski definition) is 1. The zero-order chi connectivity index (χ0) is 12.6. The van der Waals surface area contributed by atoms with E-state index < -0.39 is 11.6 Å². The molecule has 0 unspecified atom stereocenters. The van der Waals surface area contributed by atoms with Crippen molar-refractivity contribution >= 4 is 26.8 Å². The fraction of sp³-hybridized carbons (Fsp3) is 0.250. The standard InChI is InChI=1S/C12H10BrF2NO/c1-2-3-6-4-9(17)10-11(13)7(14)5-8(15)12(10)16-6/h4-5H,2-3H2,1H3,(H,16,17). The predicted octanol–water partition coefficient (Wildman–Crippen LogP) is 3.52. The third kappa shape index (κ3) is 2.11. The summed E-state index contributed by atoms with van der Waals surface area (Å²) in [6.07, 6.45) is 1.49. The van der Waals surface area contributed by atoms with Gasteiger partial charge in [-0.1, -0.05) is 13.3 Å².